The van der Waals surface area contributed by atoms with E-state index in [1.165, 1.54) is 12.0 Å². The highest BCUT2D eigenvalue weighted by Crippen LogP contribution is 2.23. The van der Waals surface area contributed by atoms with Crippen LogP contribution in [-0.2, 0) is 10.2 Å². The van der Waals surface area contributed by atoms with Gasteiger partial charge in [-0.25, -0.2) is 0 Å². The lowest BCUT2D eigenvalue weighted by Gasteiger charge is -2.26. The second-order valence-electron chi connectivity index (χ2n) is 6.95. The van der Waals surface area contributed by atoms with E-state index in [1.54, 1.807) is 0 Å². The highest BCUT2D eigenvalue weighted by molar-refractivity contribution is 5.76. The molecule has 0 aromatic heterocycles. The second kappa shape index (κ2) is 6.97. The Morgan fingerprint density at radius 1 is 1.10 bits per heavy atom. The predicted molar refractivity (Wildman–Crippen MR) is 88.7 cm³/mol. The molecule has 1 aromatic rings. The Balaban J connectivity index is 1.76. The Morgan fingerprint density at radius 3 is 2.29 bits per heavy atom. The minimum absolute atomic E-state index is 0.183. The maximum atomic E-state index is 12.1. The normalized spacial score (nSPS) is 15.9. The molecule has 0 radical (unpaired) electrons. The van der Waals surface area contributed by atoms with Gasteiger partial charge in [0, 0.05) is 31.7 Å². The molecule has 21 heavy (non-hydrogen) atoms. The molecule has 1 amide bonds. The van der Waals surface area contributed by atoms with E-state index in [4.69, 9.17) is 0 Å². The molecule has 1 heterocycles. The number of benzene rings is 1. The summed E-state index contributed by atoms with van der Waals surface area (Å²) >= 11 is 0. The van der Waals surface area contributed by atoms with Crippen molar-refractivity contribution in [1.29, 1.82) is 0 Å². The van der Waals surface area contributed by atoms with Gasteiger partial charge in [-0.3, -0.25) is 4.79 Å². The van der Waals surface area contributed by atoms with Crippen molar-refractivity contribution in [3.05, 3.63) is 29.8 Å². The number of likely N-dealkylation sites (tertiary alicyclic amines) is 1. The first kappa shape index (κ1) is 15.9. The molecule has 3 heteroatoms. The fraction of sp³-hybridized carbons (Fsp3) is 0.611. The third-order valence-electron chi connectivity index (χ3n) is 4.13. The van der Waals surface area contributed by atoms with E-state index in [1.807, 2.05) is 4.90 Å². The number of piperidine rings is 1. The molecule has 116 valence electrons. The first-order valence-corrected chi connectivity index (χ1v) is 8.09. The van der Waals surface area contributed by atoms with Gasteiger partial charge in [0.1, 0.15) is 0 Å². The summed E-state index contributed by atoms with van der Waals surface area (Å²) in [4.78, 5) is 14.1. The van der Waals surface area contributed by atoms with E-state index in [-0.39, 0.29) is 11.3 Å². The van der Waals surface area contributed by atoms with Crippen molar-refractivity contribution in [3.63, 3.8) is 0 Å². The molecule has 2 rings (SSSR count). The van der Waals surface area contributed by atoms with E-state index in [2.05, 4.69) is 50.4 Å². The van der Waals surface area contributed by atoms with Crippen LogP contribution in [0.25, 0.3) is 0 Å². The van der Waals surface area contributed by atoms with Crippen molar-refractivity contribution in [2.75, 3.05) is 25.0 Å². The highest BCUT2D eigenvalue weighted by atomic mass is 16.2. The summed E-state index contributed by atoms with van der Waals surface area (Å²) in [6.07, 6.45) is 4.17. The van der Waals surface area contributed by atoms with E-state index >= 15 is 0 Å². The number of carbonyl (C=O) groups excluding carboxylic acids is 1. The molecule has 1 aliphatic rings. The number of amides is 1. The molecule has 1 aromatic carbocycles. The number of carbonyl (C=O) groups is 1. The topological polar surface area (TPSA) is 32.3 Å². The number of rotatable bonds is 4. The number of hydrogen-bond donors (Lipinski definition) is 1. The van der Waals surface area contributed by atoms with Crippen LogP contribution in [0.3, 0.4) is 0 Å². The molecule has 1 aliphatic heterocycles. The molecule has 1 N–H and O–H groups in total. The predicted octanol–water partition coefficient (Wildman–Crippen LogP) is 3.80. The number of anilines is 1. The zero-order chi connectivity index (χ0) is 15.3. The largest absolute Gasteiger partial charge is 0.385 e. The molecule has 0 spiro atoms. The van der Waals surface area contributed by atoms with Crippen molar-refractivity contribution < 1.29 is 4.79 Å². The third-order valence-corrected chi connectivity index (χ3v) is 4.13. The van der Waals surface area contributed by atoms with Crippen LogP contribution in [-0.4, -0.2) is 30.4 Å². The van der Waals surface area contributed by atoms with Crippen LogP contribution >= 0.6 is 0 Å². The molecular formula is C18H28N2O. The monoisotopic (exact) mass is 288 g/mol. The van der Waals surface area contributed by atoms with Crippen LogP contribution < -0.4 is 5.32 Å². The Morgan fingerprint density at radius 2 is 1.71 bits per heavy atom. The van der Waals surface area contributed by atoms with Crippen molar-refractivity contribution in [1.82, 2.24) is 4.90 Å². The zero-order valence-electron chi connectivity index (χ0n) is 13.6. The molecule has 0 bridgehead atoms. The van der Waals surface area contributed by atoms with Gasteiger partial charge in [0.2, 0.25) is 5.91 Å². The van der Waals surface area contributed by atoms with Crippen molar-refractivity contribution in [2.45, 2.75) is 51.9 Å². The number of nitrogens with zero attached hydrogens (tertiary/aromatic N) is 1. The lowest BCUT2D eigenvalue weighted by Crippen LogP contribution is -2.36. The average molecular weight is 288 g/mol. The Labute approximate surface area is 128 Å². The van der Waals surface area contributed by atoms with Crippen LogP contribution in [0.5, 0.6) is 0 Å². The summed E-state index contributed by atoms with van der Waals surface area (Å²) in [6, 6.07) is 8.53. The van der Waals surface area contributed by atoms with Crippen molar-refractivity contribution >= 4 is 11.6 Å². The molecular weight excluding hydrogens is 260 g/mol. The maximum Gasteiger partial charge on any atom is 0.224 e. The van der Waals surface area contributed by atoms with E-state index in [0.29, 0.717) is 13.0 Å². The zero-order valence-corrected chi connectivity index (χ0v) is 13.6. The van der Waals surface area contributed by atoms with Crippen LogP contribution in [0.1, 0.15) is 52.0 Å². The summed E-state index contributed by atoms with van der Waals surface area (Å²) < 4.78 is 0. The summed E-state index contributed by atoms with van der Waals surface area (Å²) in [5.41, 5.74) is 2.61. The highest BCUT2D eigenvalue weighted by Gasteiger charge is 2.16. The molecule has 0 unspecified atom stereocenters. The quantitative estimate of drug-likeness (QED) is 0.914. The fourth-order valence-electron chi connectivity index (χ4n) is 2.70. The van der Waals surface area contributed by atoms with Gasteiger partial charge in [-0.05, 0) is 42.4 Å². The SMILES string of the molecule is CC(C)(C)c1ccc(NCCC(=O)N2CCCCC2)cc1. The van der Waals surface area contributed by atoms with Crippen LogP contribution in [0.2, 0.25) is 0 Å². The molecule has 1 saturated heterocycles. The number of nitrogens with one attached hydrogen (secondary N) is 1. The van der Waals surface area contributed by atoms with Crippen LogP contribution in [0.4, 0.5) is 5.69 Å². The van der Waals surface area contributed by atoms with Gasteiger partial charge in [0.05, 0.1) is 0 Å². The molecule has 0 atom stereocenters. The maximum absolute atomic E-state index is 12.1. The van der Waals surface area contributed by atoms with Gasteiger partial charge >= 0.3 is 0 Å². The third kappa shape index (κ3) is 4.76. The van der Waals surface area contributed by atoms with Crippen LogP contribution in [0.15, 0.2) is 24.3 Å². The van der Waals surface area contributed by atoms with Gasteiger partial charge < -0.3 is 10.2 Å². The van der Waals surface area contributed by atoms with Gasteiger partial charge in [-0.15, -0.1) is 0 Å². The first-order chi connectivity index (χ1) is 9.97. The van der Waals surface area contributed by atoms with Crippen molar-refractivity contribution in [3.8, 4) is 0 Å². The summed E-state index contributed by atoms with van der Waals surface area (Å²) in [7, 11) is 0. The smallest absolute Gasteiger partial charge is 0.224 e. The second-order valence-corrected chi connectivity index (χ2v) is 6.95. The number of hydrogen-bond acceptors (Lipinski definition) is 2. The summed E-state index contributed by atoms with van der Waals surface area (Å²) in [5, 5.41) is 3.35. The minimum Gasteiger partial charge on any atom is -0.385 e. The van der Waals surface area contributed by atoms with E-state index < -0.39 is 0 Å². The van der Waals surface area contributed by atoms with Gasteiger partial charge in [0.15, 0.2) is 0 Å². The molecule has 3 nitrogen and oxygen atoms in total. The van der Waals surface area contributed by atoms with E-state index in [0.717, 1.165) is 31.6 Å². The lowest BCUT2D eigenvalue weighted by molar-refractivity contribution is -0.131. The van der Waals surface area contributed by atoms with Gasteiger partial charge in [-0.1, -0.05) is 32.9 Å². The van der Waals surface area contributed by atoms with E-state index in [9.17, 15) is 4.79 Å². The summed E-state index contributed by atoms with van der Waals surface area (Å²) in [5.74, 6) is 0.286. The molecule has 0 aliphatic carbocycles. The fourth-order valence-corrected chi connectivity index (χ4v) is 2.70. The average Bonchev–Trinajstić information content (AvgIpc) is 2.47. The Kier molecular flexibility index (Phi) is 5.27. The summed E-state index contributed by atoms with van der Waals surface area (Å²) in [6.45, 7) is 9.24. The Bertz CT molecular complexity index is 453. The molecule has 0 saturated carbocycles. The van der Waals surface area contributed by atoms with Gasteiger partial charge in [-0.2, -0.15) is 0 Å². The first-order valence-electron chi connectivity index (χ1n) is 8.09. The van der Waals surface area contributed by atoms with Crippen LogP contribution in [0, 0.1) is 0 Å². The molecule has 1 fully saturated rings. The Hall–Kier alpha value is -1.51. The van der Waals surface area contributed by atoms with Crippen molar-refractivity contribution in [2.24, 2.45) is 0 Å². The minimum atomic E-state index is 0.183. The standard InChI is InChI=1S/C18H28N2O/c1-18(2,3)15-7-9-16(10-8-15)19-12-11-17(21)20-13-5-4-6-14-20/h7-10,19H,4-6,11-14H2,1-3H3. The van der Waals surface area contributed by atoms with Gasteiger partial charge in [0.25, 0.3) is 0 Å². The lowest BCUT2D eigenvalue weighted by atomic mass is 9.87.